The molecule has 228 valence electrons. The first-order chi connectivity index (χ1) is 21.2. The van der Waals surface area contributed by atoms with Crippen LogP contribution in [-0.2, 0) is 19.1 Å². The number of aromatic nitrogens is 1. The third-order valence-electron chi connectivity index (χ3n) is 6.70. The number of nitrogens with zero attached hydrogens (tertiary/aromatic N) is 2. The number of hydrogen-bond donors (Lipinski definition) is 0. The number of carbonyl (C=O) groups is 2. The second-order valence-corrected chi connectivity index (χ2v) is 10.5. The first kappa shape index (κ1) is 30.5. The summed E-state index contributed by atoms with van der Waals surface area (Å²) in [4.78, 5) is 43.8. The van der Waals surface area contributed by atoms with E-state index in [0.717, 1.165) is 11.3 Å². The van der Waals surface area contributed by atoms with Crippen LogP contribution in [0, 0.1) is 5.82 Å². The molecule has 0 radical (unpaired) electrons. The monoisotopic (exact) mass is 620 g/mol. The van der Waals surface area contributed by atoms with Gasteiger partial charge in [0.25, 0.3) is 5.56 Å². The number of esters is 2. The fraction of sp³-hybridized carbons (Fsp3) is 0.250. The number of ether oxygens (including phenoxy) is 4. The van der Waals surface area contributed by atoms with E-state index in [-0.39, 0.29) is 24.6 Å². The number of carbonyl (C=O) groups excluding carboxylic acids is 2. The van der Waals surface area contributed by atoms with Crippen molar-refractivity contribution in [1.82, 2.24) is 4.57 Å². The van der Waals surface area contributed by atoms with Gasteiger partial charge in [-0.2, -0.15) is 0 Å². The number of rotatable bonds is 10. The normalized spacial score (nSPS) is 14.6. The first-order valence-corrected chi connectivity index (χ1v) is 14.6. The van der Waals surface area contributed by atoms with Crippen LogP contribution in [0.2, 0.25) is 0 Å². The highest BCUT2D eigenvalue weighted by molar-refractivity contribution is 7.07. The van der Waals surface area contributed by atoms with Gasteiger partial charge in [0.1, 0.15) is 17.3 Å². The highest BCUT2D eigenvalue weighted by atomic mass is 32.1. The summed E-state index contributed by atoms with van der Waals surface area (Å²) in [5.74, 6) is 0.0171. The Bertz CT molecular complexity index is 1920. The molecule has 0 bridgehead atoms. The van der Waals surface area contributed by atoms with Crippen LogP contribution in [-0.4, -0.2) is 43.4 Å². The highest BCUT2D eigenvalue weighted by Gasteiger charge is 2.34. The summed E-state index contributed by atoms with van der Waals surface area (Å²) in [6.45, 7) is 5.28. The number of methoxy groups -OCH3 is 1. The molecule has 1 aliphatic rings. The van der Waals surface area contributed by atoms with Gasteiger partial charge >= 0.3 is 11.9 Å². The molecule has 0 fully saturated rings. The molecule has 0 saturated carbocycles. The van der Waals surface area contributed by atoms with E-state index in [1.807, 2.05) is 0 Å². The quantitative estimate of drug-likeness (QED) is 0.243. The minimum Gasteiger partial charge on any atom is -0.490 e. The molecule has 0 unspecified atom stereocenters. The summed E-state index contributed by atoms with van der Waals surface area (Å²) in [6, 6.07) is 13.4. The van der Waals surface area contributed by atoms with E-state index in [2.05, 4.69) is 9.73 Å². The molecule has 5 rings (SSSR count). The molecule has 1 aliphatic heterocycles. The minimum atomic E-state index is -0.896. The summed E-state index contributed by atoms with van der Waals surface area (Å²) in [5.41, 5.74) is 1.44. The molecule has 3 heterocycles. The zero-order valence-electron chi connectivity index (χ0n) is 24.4. The van der Waals surface area contributed by atoms with Crippen molar-refractivity contribution in [1.29, 1.82) is 0 Å². The van der Waals surface area contributed by atoms with Crippen LogP contribution < -0.4 is 24.4 Å². The van der Waals surface area contributed by atoms with Crippen LogP contribution in [0.5, 0.6) is 11.5 Å². The van der Waals surface area contributed by atoms with E-state index in [1.165, 1.54) is 23.8 Å². The number of fused-ring (bicyclic) bond motifs is 1. The van der Waals surface area contributed by atoms with Crippen molar-refractivity contribution < 1.29 is 37.3 Å². The third-order valence-corrected chi connectivity index (χ3v) is 7.69. The summed E-state index contributed by atoms with van der Waals surface area (Å²) in [7, 11) is 1.26. The smallest absolute Gasteiger partial charge is 0.343 e. The van der Waals surface area contributed by atoms with Gasteiger partial charge in [-0.15, -0.1) is 0 Å². The lowest BCUT2D eigenvalue weighted by Crippen LogP contribution is -2.40. The van der Waals surface area contributed by atoms with Crippen LogP contribution in [0.15, 0.2) is 80.1 Å². The van der Waals surface area contributed by atoms with Crippen LogP contribution in [0.3, 0.4) is 0 Å². The van der Waals surface area contributed by atoms with E-state index in [4.69, 9.17) is 18.6 Å². The number of hydrogen-bond acceptors (Lipinski definition) is 10. The highest BCUT2D eigenvalue weighted by Crippen LogP contribution is 2.36. The Morgan fingerprint density at radius 2 is 1.82 bits per heavy atom. The summed E-state index contributed by atoms with van der Waals surface area (Å²) >= 11 is 1.15. The fourth-order valence-electron chi connectivity index (χ4n) is 4.71. The first-order valence-electron chi connectivity index (χ1n) is 13.8. The largest absolute Gasteiger partial charge is 0.490 e. The Morgan fingerprint density at radius 1 is 1.05 bits per heavy atom. The van der Waals surface area contributed by atoms with Crippen molar-refractivity contribution in [2.75, 3.05) is 26.9 Å². The average molecular weight is 621 g/mol. The van der Waals surface area contributed by atoms with E-state index in [1.54, 1.807) is 69.3 Å². The van der Waals surface area contributed by atoms with Gasteiger partial charge in [-0.3, -0.25) is 9.36 Å². The van der Waals surface area contributed by atoms with Gasteiger partial charge in [-0.1, -0.05) is 17.4 Å². The molecule has 44 heavy (non-hydrogen) atoms. The average Bonchev–Trinajstić information content (AvgIpc) is 3.60. The van der Waals surface area contributed by atoms with Crippen molar-refractivity contribution in [2.45, 2.75) is 26.8 Å². The second-order valence-electron chi connectivity index (χ2n) is 9.52. The van der Waals surface area contributed by atoms with Gasteiger partial charge in [0, 0.05) is 11.6 Å². The van der Waals surface area contributed by atoms with Crippen LogP contribution in [0.1, 0.15) is 38.1 Å². The van der Waals surface area contributed by atoms with Gasteiger partial charge in [0.2, 0.25) is 0 Å². The predicted octanol–water partition coefficient (Wildman–Crippen LogP) is 4.15. The second kappa shape index (κ2) is 13.1. The molecule has 0 spiro atoms. The summed E-state index contributed by atoms with van der Waals surface area (Å²) in [6.07, 6.45) is 1.60. The summed E-state index contributed by atoms with van der Waals surface area (Å²) < 4.78 is 42.5. The molecular weight excluding hydrogens is 591 g/mol. The van der Waals surface area contributed by atoms with Crippen LogP contribution >= 0.6 is 11.3 Å². The van der Waals surface area contributed by atoms with Crippen LogP contribution in [0.4, 0.5) is 4.39 Å². The Hall–Kier alpha value is -4.97. The Balaban J connectivity index is 1.61. The maximum Gasteiger partial charge on any atom is 0.343 e. The van der Waals surface area contributed by atoms with Crippen molar-refractivity contribution in [2.24, 2.45) is 4.99 Å². The predicted molar refractivity (Wildman–Crippen MR) is 160 cm³/mol. The third kappa shape index (κ3) is 6.20. The van der Waals surface area contributed by atoms with Crippen molar-refractivity contribution >= 4 is 29.4 Å². The number of allylic oxidation sites excluding steroid dienone is 1. The fourth-order valence-corrected chi connectivity index (χ4v) is 5.74. The van der Waals surface area contributed by atoms with E-state index < -0.39 is 23.5 Å². The van der Waals surface area contributed by atoms with Gasteiger partial charge in [0.15, 0.2) is 22.9 Å². The molecule has 4 aromatic rings. The van der Waals surface area contributed by atoms with Gasteiger partial charge in [-0.25, -0.2) is 19.0 Å². The zero-order valence-corrected chi connectivity index (χ0v) is 25.2. The van der Waals surface area contributed by atoms with E-state index in [9.17, 15) is 18.8 Å². The maximum atomic E-state index is 14.0. The number of thiazole rings is 1. The molecule has 12 heteroatoms. The topological polar surface area (TPSA) is 119 Å². The molecule has 2 aromatic carbocycles. The standard InChI is InChI=1S/C32H29FN2O8S/c1-5-40-25-15-20(9-13-24(25)42-17-27(36)39-4)29-28(31(38)41-6-2)18(3)34-32-35(29)30(37)26(44-32)16-22-12-14-23(43-22)19-7-10-21(33)11-8-19/h7-16,29H,5-6,17H2,1-4H3/b26-16-/t29-/m1/s1. The molecule has 0 saturated heterocycles. The van der Waals surface area contributed by atoms with Crippen molar-refractivity contribution in [3.63, 3.8) is 0 Å². The Labute approximate surface area is 255 Å². The SMILES string of the molecule is CCOC(=O)C1=C(C)N=c2s/c(=C\c3ccc(-c4ccc(F)cc4)o3)c(=O)n2[C@@H]1c1ccc(OCC(=O)OC)c(OCC)c1. The van der Waals surface area contributed by atoms with Gasteiger partial charge in [0.05, 0.1) is 42.2 Å². The molecule has 2 aromatic heterocycles. The lowest BCUT2D eigenvalue weighted by molar-refractivity contribution is -0.143. The Morgan fingerprint density at radius 3 is 2.52 bits per heavy atom. The number of halogens is 1. The molecule has 10 nitrogen and oxygen atoms in total. The van der Waals surface area contributed by atoms with Crippen LogP contribution in [0.25, 0.3) is 17.4 Å². The molecule has 0 N–H and O–H groups in total. The van der Waals surface area contributed by atoms with Gasteiger partial charge < -0.3 is 23.4 Å². The lowest BCUT2D eigenvalue weighted by Gasteiger charge is -2.25. The molecule has 0 amide bonds. The number of benzene rings is 2. The summed E-state index contributed by atoms with van der Waals surface area (Å²) in [5, 5.41) is 0. The molecular formula is C32H29FN2O8S. The van der Waals surface area contributed by atoms with Gasteiger partial charge in [-0.05, 0) is 74.9 Å². The molecule has 1 atom stereocenters. The Kier molecular flexibility index (Phi) is 9.09. The van der Waals surface area contributed by atoms with E-state index in [0.29, 0.717) is 55.8 Å². The van der Waals surface area contributed by atoms with E-state index >= 15 is 0 Å². The molecule has 0 aliphatic carbocycles. The number of furan rings is 1. The maximum absolute atomic E-state index is 14.0. The zero-order chi connectivity index (χ0) is 31.4. The lowest BCUT2D eigenvalue weighted by atomic mass is 9.95. The minimum absolute atomic E-state index is 0.131. The van der Waals surface area contributed by atoms with Crippen molar-refractivity contribution in [3.05, 3.63) is 103 Å². The van der Waals surface area contributed by atoms with Crippen molar-refractivity contribution in [3.8, 4) is 22.8 Å².